The molecule has 0 saturated heterocycles. The molecule has 4 N–H and O–H groups in total. The van der Waals surface area contributed by atoms with Crippen molar-refractivity contribution in [2.45, 2.75) is 26.0 Å². The van der Waals surface area contributed by atoms with Gasteiger partial charge in [0.2, 0.25) is 0 Å². The number of carbonyl (C=O) groups excluding carboxylic acids is 1. The van der Waals surface area contributed by atoms with Gasteiger partial charge in [0.1, 0.15) is 5.75 Å². The molecule has 94 valence electrons. The van der Waals surface area contributed by atoms with E-state index in [1.165, 1.54) is 6.07 Å². The van der Waals surface area contributed by atoms with Crippen LogP contribution in [0.25, 0.3) is 0 Å². The average molecular weight is 277 g/mol. The zero-order valence-electron chi connectivity index (χ0n) is 9.37. The molecule has 1 aromatic carbocycles. The number of hydrogen-bond donors (Lipinski definition) is 2. The van der Waals surface area contributed by atoms with E-state index in [9.17, 15) is 4.79 Å². The van der Waals surface area contributed by atoms with Crippen LogP contribution in [-0.4, -0.2) is 12.0 Å². The number of ether oxygens (including phenoxy) is 1. The summed E-state index contributed by atoms with van der Waals surface area (Å²) in [6, 6.07) is 3.18. The van der Waals surface area contributed by atoms with Crippen molar-refractivity contribution in [3.63, 3.8) is 0 Å². The summed E-state index contributed by atoms with van der Waals surface area (Å²) in [4.78, 5) is 11.1. The van der Waals surface area contributed by atoms with E-state index < -0.39 is 12.0 Å². The molecule has 0 radical (unpaired) electrons. The highest BCUT2D eigenvalue weighted by Crippen LogP contribution is 2.33. The fourth-order valence-electron chi connectivity index (χ4n) is 1.38. The molecule has 6 heteroatoms. The monoisotopic (exact) mass is 276 g/mol. The molecular formula is C11H14Cl2N2O2. The van der Waals surface area contributed by atoms with E-state index in [0.29, 0.717) is 27.8 Å². The van der Waals surface area contributed by atoms with Crippen LogP contribution >= 0.6 is 23.2 Å². The van der Waals surface area contributed by atoms with Crippen molar-refractivity contribution < 1.29 is 9.53 Å². The van der Waals surface area contributed by atoms with Crippen LogP contribution in [0.1, 0.15) is 18.9 Å². The molecular weight excluding hydrogens is 263 g/mol. The van der Waals surface area contributed by atoms with Gasteiger partial charge < -0.3 is 16.2 Å². The minimum Gasteiger partial charge on any atom is -0.479 e. The summed E-state index contributed by atoms with van der Waals surface area (Å²) in [5.41, 5.74) is 11.4. The summed E-state index contributed by atoms with van der Waals surface area (Å²) < 4.78 is 5.49. The Labute approximate surface area is 110 Å². The van der Waals surface area contributed by atoms with Crippen molar-refractivity contribution in [1.29, 1.82) is 0 Å². The number of rotatable bonds is 5. The predicted molar refractivity (Wildman–Crippen MR) is 68.3 cm³/mol. The largest absolute Gasteiger partial charge is 0.479 e. The third kappa shape index (κ3) is 3.49. The van der Waals surface area contributed by atoms with Gasteiger partial charge >= 0.3 is 0 Å². The maximum absolute atomic E-state index is 11.1. The minimum atomic E-state index is -0.723. The van der Waals surface area contributed by atoms with Crippen LogP contribution in [0.5, 0.6) is 5.75 Å². The number of halogens is 2. The second-order valence-corrected chi connectivity index (χ2v) is 4.34. The molecule has 0 saturated carbocycles. The van der Waals surface area contributed by atoms with Crippen LogP contribution in [0, 0.1) is 0 Å². The molecule has 1 atom stereocenters. The Kier molecular flexibility index (Phi) is 5.05. The molecule has 0 bridgehead atoms. The topological polar surface area (TPSA) is 78.3 Å². The number of amides is 1. The van der Waals surface area contributed by atoms with Gasteiger partial charge in [-0.1, -0.05) is 30.1 Å². The first-order valence-electron chi connectivity index (χ1n) is 5.13. The van der Waals surface area contributed by atoms with Crippen LogP contribution in [0.4, 0.5) is 0 Å². The van der Waals surface area contributed by atoms with Gasteiger partial charge in [-0.3, -0.25) is 4.79 Å². The van der Waals surface area contributed by atoms with Crippen molar-refractivity contribution >= 4 is 29.1 Å². The standard InChI is InChI=1S/C11H14Cl2N2O2/c1-2-9(11(15)16)17-10-6(5-14)3-7(12)4-8(10)13/h3-4,9H,2,5,14H2,1H3,(H2,15,16). The molecule has 0 aliphatic carbocycles. The Balaban J connectivity index is 3.08. The quantitative estimate of drug-likeness (QED) is 0.865. The van der Waals surface area contributed by atoms with Gasteiger partial charge in [0.15, 0.2) is 6.10 Å². The lowest BCUT2D eigenvalue weighted by Crippen LogP contribution is -2.33. The minimum absolute atomic E-state index is 0.213. The first-order chi connectivity index (χ1) is 7.99. The van der Waals surface area contributed by atoms with Crippen LogP contribution < -0.4 is 16.2 Å². The fraction of sp³-hybridized carbons (Fsp3) is 0.364. The summed E-state index contributed by atoms with van der Waals surface area (Å²) >= 11 is 11.8. The Morgan fingerprint density at radius 1 is 1.47 bits per heavy atom. The number of hydrogen-bond acceptors (Lipinski definition) is 3. The van der Waals surface area contributed by atoms with E-state index in [0.717, 1.165) is 0 Å². The summed E-state index contributed by atoms with van der Waals surface area (Å²) in [6.07, 6.45) is -0.267. The van der Waals surface area contributed by atoms with Crippen molar-refractivity contribution in [2.24, 2.45) is 11.5 Å². The van der Waals surface area contributed by atoms with Crippen molar-refractivity contribution in [1.82, 2.24) is 0 Å². The SMILES string of the molecule is CCC(Oc1c(Cl)cc(Cl)cc1CN)C(N)=O. The second kappa shape index (κ2) is 6.10. The molecule has 0 aromatic heterocycles. The zero-order valence-corrected chi connectivity index (χ0v) is 10.9. The predicted octanol–water partition coefficient (Wildman–Crippen LogP) is 2.09. The fourth-order valence-corrected chi connectivity index (χ4v) is 1.96. The summed E-state index contributed by atoms with van der Waals surface area (Å²) in [6.45, 7) is 2.01. The van der Waals surface area contributed by atoms with Gasteiger partial charge in [-0.05, 0) is 18.6 Å². The lowest BCUT2D eigenvalue weighted by Gasteiger charge is -2.18. The van der Waals surface area contributed by atoms with Crippen molar-refractivity contribution in [3.8, 4) is 5.75 Å². The third-order valence-corrected chi connectivity index (χ3v) is 2.75. The molecule has 0 heterocycles. The van der Waals surface area contributed by atoms with Gasteiger partial charge in [-0.25, -0.2) is 0 Å². The molecule has 0 aliphatic heterocycles. The maximum atomic E-state index is 11.1. The molecule has 1 amide bonds. The van der Waals surface area contributed by atoms with Gasteiger partial charge in [-0.15, -0.1) is 0 Å². The Morgan fingerprint density at radius 3 is 2.59 bits per heavy atom. The lowest BCUT2D eigenvalue weighted by atomic mass is 10.2. The van der Waals surface area contributed by atoms with Crippen molar-refractivity contribution in [3.05, 3.63) is 27.7 Å². The molecule has 1 rings (SSSR count). The summed E-state index contributed by atoms with van der Waals surface area (Å²) in [5.74, 6) is -0.175. The summed E-state index contributed by atoms with van der Waals surface area (Å²) in [7, 11) is 0. The van der Waals surface area contributed by atoms with Gasteiger partial charge in [0, 0.05) is 17.1 Å². The normalized spacial score (nSPS) is 12.2. The molecule has 0 fully saturated rings. The third-order valence-electron chi connectivity index (χ3n) is 2.25. The highest BCUT2D eigenvalue weighted by atomic mass is 35.5. The van der Waals surface area contributed by atoms with Crippen LogP contribution in [0.15, 0.2) is 12.1 Å². The maximum Gasteiger partial charge on any atom is 0.258 e. The second-order valence-electron chi connectivity index (χ2n) is 3.50. The highest BCUT2D eigenvalue weighted by molar-refractivity contribution is 6.35. The van der Waals surface area contributed by atoms with E-state index >= 15 is 0 Å². The Morgan fingerprint density at radius 2 is 2.12 bits per heavy atom. The van der Waals surface area contributed by atoms with Crippen LogP contribution in [-0.2, 0) is 11.3 Å². The smallest absolute Gasteiger partial charge is 0.258 e. The Hall–Kier alpha value is -0.970. The van der Waals surface area contributed by atoms with Gasteiger partial charge in [0.05, 0.1) is 5.02 Å². The van der Waals surface area contributed by atoms with E-state index in [1.807, 2.05) is 0 Å². The van der Waals surface area contributed by atoms with Crippen LogP contribution in [0.3, 0.4) is 0 Å². The number of carbonyl (C=O) groups is 1. The van der Waals surface area contributed by atoms with Gasteiger partial charge in [0.25, 0.3) is 5.91 Å². The van der Waals surface area contributed by atoms with E-state index in [-0.39, 0.29) is 6.54 Å². The number of primary amides is 1. The average Bonchev–Trinajstić information content (AvgIpc) is 2.26. The van der Waals surface area contributed by atoms with Gasteiger partial charge in [-0.2, -0.15) is 0 Å². The van der Waals surface area contributed by atoms with E-state index in [4.69, 9.17) is 39.4 Å². The highest BCUT2D eigenvalue weighted by Gasteiger charge is 2.18. The molecule has 17 heavy (non-hydrogen) atoms. The number of nitrogens with two attached hydrogens (primary N) is 2. The molecule has 4 nitrogen and oxygen atoms in total. The molecule has 1 unspecified atom stereocenters. The van der Waals surface area contributed by atoms with E-state index in [1.54, 1.807) is 13.0 Å². The number of benzene rings is 1. The first kappa shape index (κ1) is 14.1. The first-order valence-corrected chi connectivity index (χ1v) is 5.89. The van der Waals surface area contributed by atoms with Crippen molar-refractivity contribution in [2.75, 3.05) is 0 Å². The van der Waals surface area contributed by atoms with E-state index in [2.05, 4.69) is 0 Å². The Bertz CT molecular complexity index is 424. The molecule has 0 spiro atoms. The lowest BCUT2D eigenvalue weighted by molar-refractivity contribution is -0.124. The zero-order chi connectivity index (χ0) is 13.0. The molecule has 0 aliphatic rings. The van der Waals surface area contributed by atoms with Crippen LogP contribution in [0.2, 0.25) is 10.0 Å². The molecule has 1 aromatic rings. The summed E-state index contributed by atoms with van der Waals surface area (Å²) in [5, 5.41) is 0.785.